The summed E-state index contributed by atoms with van der Waals surface area (Å²) in [5.41, 5.74) is 0. The summed E-state index contributed by atoms with van der Waals surface area (Å²) in [6.07, 6.45) is -1.28. The molecule has 1 atom stereocenters. The number of nitrogens with one attached hydrogen (secondary N) is 2. The van der Waals surface area contributed by atoms with Gasteiger partial charge in [-0.05, 0) is 31.0 Å². The lowest BCUT2D eigenvalue weighted by Crippen LogP contribution is -2.38. The van der Waals surface area contributed by atoms with E-state index >= 15 is 0 Å². The summed E-state index contributed by atoms with van der Waals surface area (Å²) in [6, 6.07) is 4.98. The van der Waals surface area contributed by atoms with Gasteiger partial charge in [-0.2, -0.15) is 0 Å². The van der Waals surface area contributed by atoms with Crippen LogP contribution in [0.1, 0.15) is 12.8 Å². The molecule has 0 aliphatic rings. The molecule has 0 fully saturated rings. The minimum atomic E-state index is -1.14. The predicted molar refractivity (Wildman–Crippen MR) is 87.5 cm³/mol. The van der Waals surface area contributed by atoms with Crippen LogP contribution in [0.2, 0.25) is 0 Å². The molecule has 122 valence electrons. The number of carbonyl (C=O) groups is 2. The van der Waals surface area contributed by atoms with Crippen molar-refractivity contribution in [2.24, 2.45) is 0 Å². The summed E-state index contributed by atoms with van der Waals surface area (Å²) in [5, 5.41) is 21.9. The van der Waals surface area contributed by atoms with Gasteiger partial charge < -0.3 is 25.6 Å². The lowest BCUT2D eigenvalue weighted by Gasteiger charge is -2.18. The summed E-state index contributed by atoms with van der Waals surface area (Å²) in [7, 11) is 0. The van der Waals surface area contributed by atoms with Gasteiger partial charge in [0.1, 0.15) is 12.4 Å². The van der Waals surface area contributed by atoms with Crippen molar-refractivity contribution in [2.75, 3.05) is 13.2 Å². The Kier molecular flexibility index (Phi) is 8.03. The number of halogens is 2. The SMILES string of the molecule is O=C(O)NCCC[C@H](COc1cc(Br)cc(Br)c1)NC(=O)O. The highest BCUT2D eigenvalue weighted by atomic mass is 79.9. The van der Waals surface area contributed by atoms with E-state index in [9.17, 15) is 9.59 Å². The maximum atomic E-state index is 10.8. The molecular formula is C13H16Br2N2O5. The van der Waals surface area contributed by atoms with E-state index in [1.807, 2.05) is 6.07 Å². The van der Waals surface area contributed by atoms with Crippen LogP contribution >= 0.6 is 31.9 Å². The third kappa shape index (κ3) is 8.08. The quantitative estimate of drug-likeness (QED) is 0.465. The second-order valence-electron chi connectivity index (χ2n) is 4.44. The number of benzene rings is 1. The molecule has 0 heterocycles. The molecular weight excluding hydrogens is 424 g/mol. The molecule has 22 heavy (non-hydrogen) atoms. The van der Waals surface area contributed by atoms with Gasteiger partial charge in [0.2, 0.25) is 0 Å². The number of rotatable bonds is 8. The Balaban J connectivity index is 2.49. The van der Waals surface area contributed by atoms with Gasteiger partial charge in [-0.25, -0.2) is 9.59 Å². The Labute approximate surface area is 144 Å². The van der Waals surface area contributed by atoms with Crippen molar-refractivity contribution in [1.82, 2.24) is 10.6 Å². The smallest absolute Gasteiger partial charge is 0.404 e. The topological polar surface area (TPSA) is 108 Å². The lowest BCUT2D eigenvalue weighted by atomic mass is 10.1. The van der Waals surface area contributed by atoms with Crippen molar-refractivity contribution in [3.05, 3.63) is 27.1 Å². The first kappa shape index (κ1) is 18.6. The zero-order valence-corrected chi connectivity index (χ0v) is 14.7. The van der Waals surface area contributed by atoms with Gasteiger partial charge in [0.15, 0.2) is 0 Å². The van der Waals surface area contributed by atoms with Crippen LogP contribution in [0.4, 0.5) is 9.59 Å². The van der Waals surface area contributed by atoms with E-state index in [4.69, 9.17) is 14.9 Å². The van der Waals surface area contributed by atoms with Crippen LogP contribution in [0.5, 0.6) is 5.75 Å². The van der Waals surface area contributed by atoms with Crippen molar-refractivity contribution < 1.29 is 24.5 Å². The first-order valence-corrected chi connectivity index (χ1v) is 8.00. The Bertz CT molecular complexity index is 507. The van der Waals surface area contributed by atoms with Gasteiger partial charge in [0.25, 0.3) is 0 Å². The van der Waals surface area contributed by atoms with E-state index in [-0.39, 0.29) is 13.2 Å². The minimum absolute atomic E-state index is 0.155. The Morgan fingerprint density at radius 1 is 1.14 bits per heavy atom. The van der Waals surface area contributed by atoms with Crippen LogP contribution in [0, 0.1) is 0 Å². The van der Waals surface area contributed by atoms with Crippen LogP contribution in [-0.2, 0) is 0 Å². The number of amides is 2. The monoisotopic (exact) mass is 438 g/mol. The summed E-state index contributed by atoms with van der Waals surface area (Å²) in [6.45, 7) is 0.415. The van der Waals surface area contributed by atoms with Crippen LogP contribution in [-0.4, -0.2) is 41.6 Å². The molecule has 0 unspecified atom stereocenters. The van der Waals surface area contributed by atoms with Crippen molar-refractivity contribution in [1.29, 1.82) is 0 Å². The molecule has 0 aliphatic heterocycles. The molecule has 7 nitrogen and oxygen atoms in total. The number of ether oxygens (including phenoxy) is 1. The summed E-state index contributed by atoms with van der Waals surface area (Å²) >= 11 is 6.68. The molecule has 0 radical (unpaired) electrons. The van der Waals surface area contributed by atoms with Crippen molar-refractivity contribution >= 4 is 44.0 Å². The Morgan fingerprint density at radius 3 is 2.32 bits per heavy atom. The average molecular weight is 440 g/mol. The van der Waals surface area contributed by atoms with Crippen LogP contribution in [0.25, 0.3) is 0 Å². The summed E-state index contributed by atoms with van der Waals surface area (Å²) < 4.78 is 7.26. The number of carboxylic acid groups (broad SMARTS) is 2. The van der Waals surface area contributed by atoms with Gasteiger partial charge in [0.05, 0.1) is 6.04 Å². The van der Waals surface area contributed by atoms with Crippen molar-refractivity contribution in [3.8, 4) is 5.75 Å². The van der Waals surface area contributed by atoms with E-state index in [0.29, 0.717) is 18.6 Å². The van der Waals surface area contributed by atoms with Gasteiger partial charge in [0, 0.05) is 15.5 Å². The van der Waals surface area contributed by atoms with Crippen LogP contribution in [0.3, 0.4) is 0 Å². The molecule has 0 bridgehead atoms. The molecule has 0 saturated heterocycles. The molecule has 0 aliphatic carbocycles. The molecule has 4 N–H and O–H groups in total. The molecule has 1 rings (SSSR count). The minimum Gasteiger partial charge on any atom is -0.491 e. The van der Waals surface area contributed by atoms with E-state index in [0.717, 1.165) is 8.95 Å². The first-order valence-electron chi connectivity index (χ1n) is 6.42. The van der Waals surface area contributed by atoms with E-state index in [1.54, 1.807) is 12.1 Å². The summed E-state index contributed by atoms with van der Waals surface area (Å²) in [5.74, 6) is 0.599. The second kappa shape index (κ2) is 9.52. The Hall–Kier alpha value is -1.48. The number of hydrogen-bond acceptors (Lipinski definition) is 3. The summed E-state index contributed by atoms with van der Waals surface area (Å²) in [4.78, 5) is 21.1. The molecule has 0 saturated carbocycles. The molecule has 9 heteroatoms. The lowest BCUT2D eigenvalue weighted by molar-refractivity contribution is 0.177. The van der Waals surface area contributed by atoms with Gasteiger partial charge in [-0.1, -0.05) is 31.9 Å². The standard InChI is InChI=1S/C13H16Br2N2O5/c14-8-4-9(15)6-11(5-8)22-7-10(17-13(20)21)2-1-3-16-12(18)19/h4-6,10,16-17H,1-3,7H2,(H,18,19)(H,20,21)/t10-/m1/s1. The third-order valence-corrected chi connectivity index (χ3v) is 3.54. The fourth-order valence-corrected chi connectivity index (χ4v) is 2.98. The van der Waals surface area contributed by atoms with E-state index in [1.165, 1.54) is 0 Å². The molecule has 1 aromatic rings. The van der Waals surface area contributed by atoms with Crippen molar-refractivity contribution in [2.45, 2.75) is 18.9 Å². The highest BCUT2D eigenvalue weighted by molar-refractivity contribution is 9.11. The van der Waals surface area contributed by atoms with Gasteiger partial charge >= 0.3 is 12.2 Å². The fourth-order valence-electron chi connectivity index (χ4n) is 1.72. The van der Waals surface area contributed by atoms with Gasteiger partial charge in [-0.3, -0.25) is 0 Å². The molecule has 0 aromatic heterocycles. The normalized spacial score (nSPS) is 11.5. The maximum absolute atomic E-state index is 10.8. The largest absolute Gasteiger partial charge is 0.491 e. The zero-order chi connectivity index (χ0) is 16.5. The zero-order valence-electron chi connectivity index (χ0n) is 11.5. The van der Waals surface area contributed by atoms with Crippen LogP contribution in [0.15, 0.2) is 27.1 Å². The predicted octanol–water partition coefficient (Wildman–Crippen LogP) is 3.27. The van der Waals surface area contributed by atoms with E-state index < -0.39 is 18.2 Å². The van der Waals surface area contributed by atoms with Crippen LogP contribution < -0.4 is 15.4 Å². The van der Waals surface area contributed by atoms with E-state index in [2.05, 4.69) is 42.5 Å². The van der Waals surface area contributed by atoms with Gasteiger partial charge in [-0.15, -0.1) is 0 Å². The highest BCUT2D eigenvalue weighted by Crippen LogP contribution is 2.25. The molecule has 2 amide bonds. The Morgan fingerprint density at radius 2 is 1.77 bits per heavy atom. The second-order valence-corrected chi connectivity index (χ2v) is 6.27. The maximum Gasteiger partial charge on any atom is 0.404 e. The third-order valence-electron chi connectivity index (χ3n) is 2.62. The highest BCUT2D eigenvalue weighted by Gasteiger charge is 2.13. The molecule has 1 aromatic carbocycles. The first-order chi connectivity index (χ1) is 10.4. The fraction of sp³-hybridized carbons (Fsp3) is 0.385. The van der Waals surface area contributed by atoms with Crippen molar-refractivity contribution in [3.63, 3.8) is 0 Å². The average Bonchev–Trinajstić information content (AvgIpc) is 2.38. The molecule has 0 spiro atoms. The number of hydrogen-bond donors (Lipinski definition) is 4.